The molecule has 0 aliphatic heterocycles. The number of ether oxygens (including phenoxy) is 2. The number of benzene rings is 2. The largest absolute Gasteiger partial charge is 0.497 e. The van der Waals surface area contributed by atoms with Gasteiger partial charge in [-0.15, -0.1) is 6.58 Å². The van der Waals surface area contributed by atoms with Crippen molar-refractivity contribution in [2.24, 2.45) is 0 Å². The lowest BCUT2D eigenvalue weighted by molar-refractivity contribution is -0.132. The Morgan fingerprint density at radius 2 is 1.71 bits per heavy atom. The van der Waals surface area contributed by atoms with E-state index >= 15 is 0 Å². The predicted molar refractivity (Wildman–Crippen MR) is 135 cm³/mol. The van der Waals surface area contributed by atoms with Gasteiger partial charge in [0.25, 0.3) is 0 Å². The van der Waals surface area contributed by atoms with Gasteiger partial charge in [0, 0.05) is 37.0 Å². The van der Waals surface area contributed by atoms with Crippen LogP contribution in [0.4, 0.5) is 10.5 Å². The molecule has 184 valence electrons. The Kier molecular flexibility index (Phi) is 9.36. The SMILES string of the molecule is C=CCN(CC(=O)N(CCc1ccccc1)Cc1ccco1)C(=O)Nc1cc(OC)cc(OC)c1. The van der Waals surface area contributed by atoms with Gasteiger partial charge in [-0.1, -0.05) is 36.4 Å². The summed E-state index contributed by atoms with van der Waals surface area (Å²) in [7, 11) is 3.07. The number of carbonyl (C=O) groups excluding carboxylic acids is 2. The number of urea groups is 1. The first-order valence-corrected chi connectivity index (χ1v) is 11.3. The molecule has 0 saturated heterocycles. The third-order valence-corrected chi connectivity index (χ3v) is 5.36. The first-order valence-electron chi connectivity index (χ1n) is 11.3. The molecular formula is C27H31N3O5. The molecule has 3 amide bonds. The van der Waals surface area contributed by atoms with Crippen molar-refractivity contribution in [3.63, 3.8) is 0 Å². The number of hydrogen-bond donors (Lipinski definition) is 1. The molecule has 1 aromatic heterocycles. The molecule has 35 heavy (non-hydrogen) atoms. The minimum absolute atomic E-state index is 0.117. The Balaban J connectivity index is 1.71. The van der Waals surface area contributed by atoms with Gasteiger partial charge >= 0.3 is 6.03 Å². The highest BCUT2D eigenvalue weighted by atomic mass is 16.5. The van der Waals surface area contributed by atoms with E-state index < -0.39 is 6.03 Å². The first kappa shape index (κ1) is 25.4. The van der Waals surface area contributed by atoms with E-state index in [1.54, 1.807) is 41.5 Å². The van der Waals surface area contributed by atoms with E-state index in [0.717, 1.165) is 5.56 Å². The molecule has 0 saturated carbocycles. The lowest BCUT2D eigenvalue weighted by Crippen LogP contribution is -2.44. The predicted octanol–water partition coefficient (Wildman–Crippen LogP) is 4.59. The second-order valence-electron chi connectivity index (χ2n) is 7.83. The number of rotatable bonds is 12. The van der Waals surface area contributed by atoms with Crippen molar-refractivity contribution < 1.29 is 23.5 Å². The maximum absolute atomic E-state index is 13.3. The van der Waals surface area contributed by atoms with Crippen LogP contribution < -0.4 is 14.8 Å². The lowest BCUT2D eigenvalue weighted by Gasteiger charge is -2.27. The van der Waals surface area contributed by atoms with Crippen molar-refractivity contribution in [1.82, 2.24) is 9.80 Å². The quantitative estimate of drug-likeness (QED) is 0.386. The normalized spacial score (nSPS) is 10.3. The minimum atomic E-state index is -0.436. The third-order valence-electron chi connectivity index (χ3n) is 5.36. The molecule has 0 aliphatic rings. The van der Waals surface area contributed by atoms with Crippen LogP contribution in [0.2, 0.25) is 0 Å². The Bertz CT molecular complexity index is 1080. The maximum atomic E-state index is 13.3. The van der Waals surface area contributed by atoms with Crippen molar-refractivity contribution >= 4 is 17.6 Å². The van der Waals surface area contributed by atoms with Crippen molar-refractivity contribution in [2.75, 3.05) is 39.2 Å². The molecule has 2 aromatic carbocycles. The van der Waals surface area contributed by atoms with E-state index in [-0.39, 0.29) is 19.0 Å². The third kappa shape index (κ3) is 7.67. The minimum Gasteiger partial charge on any atom is -0.497 e. The van der Waals surface area contributed by atoms with Crippen LogP contribution in [0.3, 0.4) is 0 Å². The van der Waals surface area contributed by atoms with Gasteiger partial charge in [0.1, 0.15) is 23.8 Å². The van der Waals surface area contributed by atoms with Crippen LogP contribution in [0.5, 0.6) is 11.5 Å². The Labute approximate surface area is 205 Å². The second kappa shape index (κ2) is 12.9. The van der Waals surface area contributed by atoms with Gasteiger partial charge in [0.05, 0.1) is 27.0 Å². The number of furan rings is 1. The summed E-state index contributed by atoms with van der Waals surface area (Å²) in [5, 5.41) is 2.81. The summed E-state index contributed by atoms with van der Waals surface area (Å²) in [5.41, 5.74) is 1.61. The van der Waals surface area contributed by atoms with E-state index in [0.29, 0.717) is 42.5 Å². The molecule has 0 bridgehead atoms. The molecule has 8 nitrogen and oxygen atoms in total. The summed E-state index contributed by atoms with van der Waals surface area (Å²) in [6.45, 7) is 4.62. The fraction of sp³-hybridized carbons (Fsp3) is 0.259. The maximum Gasteiger partial charge on any atom is 0.322 e. The second-order valence-corrected chi connectivity index (χ2v) is 7.83. The number of anilines is 1. The summed E-state index contributed by atoms with van der Waals surface area (Å²) < 4.78 is 16.0. The van der Waals surface area contributed by atoms with Crippen LogP contribution >= 0.6 is 0 Å². The molecule has 0 unspecified atom stereocenters. The highest BCUT2D eigenvalue weighted by molar-refractivity contribution is 5.92. The van der Waals surface area contributed by atoms with Crippen molar-refractivity contribution in [1.29, 1.82) is 0 Å². The summed E-state index contributed by atoms with van der Waals surface area (Å²) >= 11 is 0. The Morgan fingerprint density at radius 1 is 1.00 bits per heavy atom. The summed E-state index contributed by atoms with van der Waals surface area (Å²) in [6, 6.07) is 18.2. The smallest absolute Gasteiger partial charge is 0.322 e. The average Bonchev–Trinajstić information content (AvgIpc) is 3.39. The number of methoxy groups -OCH3 is 2. The van der Waals surface area contributed by atoms with Crippen LogP contribution in [-0.2, 0) is 17.8 Å². The molecule has 0 spiro atoms. The lowest BCUT2D eigenvalue weighted by atomic mass is 10.1. The summed E-state index contributed by atoms with van der Waals surface area (Å²) in [6.07, 6.45) is 3.85. The summed E-state index contributed by atoms with van der Waals surface area (Å²) in [4.78, 5) is 29.5. The molecule has 0 fully saturated rings. The van der Waals surface area contributed by atoms with E-state index in [9.17, 15) is 9.59 Å². The van der Waals surface area contributed by atoms with E-state index in [1.165, 1.54) is 19.1 Å². The Hall–Kier alpha value is -4.20. The van der Waals surface area contributed by atoms with Gasteiger partial charge in [-0.05, 0) is 24.1 Å². The Morgan fingerprint density at radius 3 is 2.31 bits per heavy atom. The topological polar surface area (TPSA) is 84.3 Å². The van der Waals surface area contributed by atoms with Gasteiger partial charge in [-0.2, -0.15) is 0 Å². The molecule has 1 heterocycles. The molecule has 3 rings (SSSR count). The van der Waals surface area contributed by atoms with Gasteiger partial charge in [-0.25, -0.2) is 4.79 Å². The van der Waals surface area contributed by atoms with Crippen molar-refractivity contribution in [3.05, 3.63) is 90.9 Å². The van der Waals surface area contributed by atoms with Crippen molar-refractivity contribution in [2.45, 2.75) is 13.0 Å². The number of hydrogen-bond acceptors (Lipinski definition) is 5. The monoisotopic (exact) mass is 477 g/mol. The highest BCUT2D eigenvalue weighted by Gasteiger charge is 2.22. The first-order chi connectivity index (χ1) is 17.0. The number of nitrogens with zero attached hydrogens (tertiary/aromatic N) is 2. The zero-order valence-corrected chi connectivity index (χ0v) is 20.1. The van der Waals surface area contributed by atoms with E-state index in [4.69, 9.17) is 13.9 Å². The van der Waals surface area contributed by atoms with Crippen molar-refractivity contribution in [3.8, 4) is 11.5 Å². The molecule has 3 aromatic rings. The van der Waals surface area contributed by atoms with Crippen LogP contribution in [0.1, 0.15) is 11.3 Å². The van der Waals surface area contributed by atoms with Crippen LogP contribution in [0.15, 0.2) is 84.0 Å². The molecule has 0 atom stereocenters. The molecular weight excluding hydrogens is 446 g/mol. The molecule has 0 radical (unpaired) electrons. The zero-order chi connectivity index (χ0) is 25.0. The van der Waals surface area contributed by atoms with Gasteiger partial charge in [-0.3, -0.25) is 4.79 Å². The highest BCUT2D eigenvalue weighted by Crippen LogP contribution is 2.26. The fourth-order valence-corrected chi connectivity index (χ4v) is 3.51. The number of carbonyl (C=O) groups is 2. The van der Waals surface area contributed by atoms with Gasteiger partial charge in [0.2, 0.25) is 5.91 Å². The molecule has 0 aliphatic carbocycles. The number of amides is 3. The van der Waals surface area contributed by atoms with E-state index in [1.807, 2.05) is 36.4 Å². The van der Waals surface area contributed by atoms with Gasteiger partial charge in [0.15, 0.2) is 0 Å². The van der Waals surface area contributed by atoms with Crippen LogP contribution in [0.25, 0.3) is 0 Å². The molecule has 1 N–H and O–H groups in total. The standard InChI is InChI=1S/C27H31N3O5/c1-4-13-30(27(32)28-22-16-24(33-2)18-25(17-22)34-3)20-26(31)29(19-23-11-8-15-35-23)14-12-21-9-6-5-7-10-21/h4-11,15-18H,1,12-14,19-20H2,2-3H3,(H,28,32). The summed E-state index contributed by atoms with van der Waals surface area (Å²) in [5.74, 6) is 1.56. The number of nitrogens with one attached hydrogen (secondary N) is 1. The van der Waals surface area contributed by atoms with Crippen LogP contribution in [-0.4, -0.2) is 55.6 Å². The fourth-order valence-electron chi connectivity index (χ4n) is 3.51. The average molecular weight is 478 g/mol. The molecule has 8 heteroatoms. The van der Waals surface area contributed by atoms with Crippen LogP contribution in [0, 0.1) is 0 Å². The zero-order valence-electron chi connectivity index (χ0n) is 20.1. The van der Waals surface area contributed by atoms with Gasteiger partial charge < -0.3 is 29.0 Å². The van der Waals surface area contributed by atoms with E-state index in [2.05, 4.69) is 11.9 Å².